The summed E-state index contributed by atoms with van der Waals surface area (Å²) >= 11 is 0. The van der Waals surface area contributed by atoms with Gasteiger partial charge in [-0.3, -0.25) is 4.79 Å². The van der Waals surface area contributed by atoms with Gasteiger partial charge in [0, 0.05) is 24.3 Å². The number of nitrogens with one attached hydrogen (secondary N) is 1. The molecule has 0 amide bonds. The number of carbonyl (C=O) groups is 1. The predicted molar refractivity (Wildman–Crippen MR) is 64.2 cm³/mol. The number of aryl methyl sites for hydroxylation is 2. The lowest BCUT2D eigenvalue weighted by Gasteiger charge is -2.01. The molecule has 0 saturated heterocycles. The van der Waals surface area contributed by atoms with Crippen LogP contribution in [0.4, 0.5) is 0 Å². The monoisotopic (exact) mass is 234 g/mol. The van der Waals surface area contributed by atoms with Crippen LogP contribution in [-0.2, 0) is 11.8 Å². The first kappa shape index (κ1) is 11.4. The van der Waals surface area contributed by atoms with E-state index in [4.69, 9.17) is 4.74 Å². The van der Waals surface area contributed by atoms with Crippen LogP contribution >= 0.6 is 0 Å². The number of hydrogen-bond donors (Lipinski definition) is 1. The maximum Gasteiger partial charge on any atom is 0.340 e. The number of aromatic amines is 1. The van der Waals surface area contributed by atoms with Gasteiger partial charge in [-0.25, -0.2) is 4.79 Å². The summed E-state index contributed by atoms with van der Waals surface area (Å²) in [5.74, 6) is -0.399. The molecule has 0 fully saturated rings. The van der Waals surface area contributed by atoms with Gasteiger partial charge in [0.05, 0.1) is 12.2 Å². The quantitative estimate of drug-likeness (QED) is 0.798. The minimum absolute atomic E-state index is 0.152. The molecule has 0 aromatic carbocycles. The molecular formula is C12H14N2O3. The van der Waals surface area contributed by atoms with Gasteiger partial charge in [0.25, 0.3) is 5.56 Å². The van der Waals surface area contributed by atoms with Crippen LogP contribution in [0.1, 0.15) is 23.0 Å². The van der Waals surface area contributed by atoms with Gasteiger partial charge in [-0.15, -0.1) is 0 Å². The first-order chi connectivity index (χ1) is 8.06. The van der Waals surface area contributed by atoms with Crippen LogP contribution in [0.3, 0.4) is 0 Å². The summed E-state index contributed by atoms with van der Waals surface area (Å²) in [7, 11) is 1.67. The first-order valence-corrected chi connectivity index (χ1v) is 5.41. The maximum absolute atomic E-state index is 11.9. The number of pyridine rings is 1. The van der Waals surface area contributed by atoms with Crippen LogP contribution < -0.4 is 5.56 Å². The smallest absolute Gasteiger partial charge is 0.340 e. The Morgan fingerprint density at radius 1 is 1.53 bits per heavy atom. The second-order valence-corrected chi connectivity index (χ2v) is 3.87. The molecule has 0 aliphatic carbocycles. The van der Waals surface area contributed by atoms with Gasteiger partial charge in [0.2, 0.25) is 0 Å². The van der Waals surface area contributed by atoms with Crippen LogP contribution in [0.2, 0.25) is 0 Å². The molecule has 2 aromatic heterocycles. The SMILES string of the molecule is CCOC(=O)c1c(C)[nH]c2c(=O)n(C)ccc12. The van der Waals surface area contributed by atoms with Crippen molar-refractivity contribution in [2.75, 3.05) is 6.61 Å². The van der Waals surface area contributed by atoms with Crippen LogP contribution in [0.25, 0.3) is 10.9 Å². The topological polar surface area (TPSA) is 64.1 Å². The highest BCUT2D eigenvalue weighted by Crippen LogP contribution is 2.20. The number of ether oxygens (including phenoxy) is 1. The van der Waals surface area contributed by atoms with Crippen molar-refractivity contribution >= 4 is 16.9 Å². The van der Waals surface area contributed by atoms with Crippen molar-refractivity contribution in [2.24, 2.45) is 7.05 Å². The zero-order valence-corrected chi connectivity index (χ0v) is 10.0. The second kappa shape index (κ2) is 4.08. The largest absolute Gasteiger partial charge is 0.462 e. The summed E-state index contributed by atoms with van der Waals surface area (Å²) in [4.78, 5) is 26.6. The Morgan fingerprint density at radius 3 is 2.88 bits per heavy atom. The van der Waals surface area contributed by atoms with E-state index in [1.807, 2.05) is 0 Å². The van der Waals surface area contributed by atoms with E-state index in [9.17, 15) is 9.59 Å². The van der Waals surface area contributed by atoms with E-state index >= 15 is 0 Å². The van der Waals surface area contributed by atoms with Gasteiger partial charge >= 0.3 is 5.97 Å². The molecule has 2 rings (SSSR count). The van der Waals surface area contributed by atoms with Crippen LogP contribution in [-0.4, -0.2) is 22.1 Å². The van der Waals surface area contributed by atoms with Crippen molar-refractivity contribution in [2.45, 2.75) is 13.8 Å². The molecule has 2 aromatic rings. The summed E-state index contributed by atoms with van der Waals surface area (Å²) in [6.45, 7) is 3.82. The lowest BCUT2D eigenvalue weighted by molar-refractivity contribution is 0.0528. The lowest BCUT2D eigenvalue weighted by atomic mass is 10.1. The Labute approximate surface area is 98.0 Å². The van der Waals surface area contributed by atoms with Crippen molar-refractivity contribution in [1.82, 2.24) is 9.55 Å². The Bertz CT molecular complexity index is 637. The molecule has 0 saturated carbocycles. The number of nitrogens with zero attached hydrogens (tertiary/aromatic N) is 1. The molecular weight excluding hydrogens is 220 g/mol. The van der Waals surface area contributed by atoms with Gasteiger partial charge in [0.1, 0.15) is 5.52 Å². The fourth-order valence-electron chi connectivity index (χ4n) is 1.88. The predicted octanol–water partition coefficient (Wildman–Crippen LogP) is 1.35. The Balaban J connectivity index is 2.73. The van der Waals surface area contributed by atoms with Crippen molar-refractivity contribution in [1.29, 1.82) is 0 Å². The van der Waals surface area contributed by atoms with Crippen molar-refractivity contribution in [3.8, 4) is 0 Å². The number of fused-ring (bicyclic) bond motifs is 1. The van der Waals surface area contributed by atoms with Gasteiger partial charge in [-0.05, 0) is 19.9 Å². The Morgan fingerprint density at radius 2 is 2.24 bits per heavy atom. The first-order valence-electron chi connectivity index (χ1n) is 5.41. The summed E-state index contributed by atoms with van der Waals surface area (Å²) < 4.78 is 6.44. The van der Waals surface area contributed by atoms with E-state index in [0.29, 0.717) is 28.8 Å². The molecule has 0 unspecified atom stereocenters. The van der Waals surface area contributed by atoms with Gasteiger partial charge in [-0.2, -0.15) is 0 Å². The van der Waals surface area contributed by atoms with Gasteiger partial charge < -0.3 is 14.3 Å². The number of esters is 1. The summed E-state index contributed by atoms with van der Waals surface area (Å²) in [6, 6.07) is 1.74. The van der Waals surface area contributed by atoms with Crippen LogP contribution in [0.5, 0.6) is 0 Å². The second-order valence-electron chi connectivity index (χ2n) is 3.87. The van der Waals surface area contributed by atoms with Crippen LogP contribution in [0.15, 0.2) is 17.1 Å². The van der Waals surface area contributed by atoms with E-state index in [2.05, 4.69) is 4.98 Å². The average Bonchev–Trinajstić information content (AvgIpc) is 2.61. The lowest BCUT2D eigenvalue weighted by Crippen LogP contribution is -2.15. The van der Waals surface area contributed by atoms with Crippen molar-refractivity contribution in [3.63, 3.8) is 0 Å². The molecule has 5 heteroatoms. The Hall–Kier alpha value is -2.04. The molecule has 0 radical (unpaired) electrons. The summed E-state index contributed by atoms with van der Waals surface area (Å²) in [5, 5.41) is 0.615. The molecule has 0 atom stereocenters. The highest BCUT2D eigenvalue weighted by Gasteiger charge is 2.18. The molecule has 0 aliphatic rings. The highest BCUT2D eigenvalue weighted by molar-refractivity contribution is 6.05. The van der Waals surface area contributed by atoms with Crippen LogP contribution in [0, 0.1) is 6.92 Å². The molecule has 2 heterocycles. The maximum atomic E-state index is 11.9. The Kier molecular flexibility index (Phi) is 2.75. The third kappa shape index (κ3) is 1.73. The third-order valence-electron chi connectivity index (χ3n) is 2.70. The molecule has 5 nitrogen and oxygen atoms in total. The molecule has 0 bridgehead atoms. The van der Waals surface area contributed by atoms with E-state index in [1.165, 1.54) is 4.57 Å². The summed E-state index contributed by atoms with van der Waals surface area (Å²) in [5.41, 5.74) is 1.39. The number of rotatable bonds is 2. The number of hydrogen-bond acceptors (Lipinski definition) is 3. The van der Waals surface area contributed by atoms with Gasteiger partial charge in [-0.1, -0.05) is 0 Å². The van der Waals surface area contributed by atoms with Gasteiger partial charge in [0.15, 0.2) is 0 Å². The van der Waals surface area contributed by atoms with E-state index in [1.54, 1.807) is 33.2 Å². The molecule has 0 aliphatic heterocycles. The molecule has 1 N–H and O–H groups in total. The zero-order valence-electron chi connectivity index (χ0n) is 10.0. The molecule has 17 heavy (non-hydrogen) atoms. The van der Waals surface area contributed by atoms with E-state index in [0.717, 1.165) is 0 Å². The summed E-state index contributed by atoms with van der Waals surface area (Å²) in [6.07, 6.45) is 1.64. The number of H-pyrrole nitrogens is 1. The normalized spacial score (nSPS) is 10.8. The fraction of sp³-hybridized carbons (Fsp3) is 0.333. The van der Waals surface area contributed by atoms with Crippen molar-refractivity contribution in [3.05, 3.63) is 33.9 Å². The van der Waals surface area contributed by atoms with E-state index < -0.39 is 5.97 Å². The van der Waals surface area contributed by atoms with Crippen molar-refractivity contribution < 1.29 is 9.53 Å². The third-order valence-corrected chi connectivity index (χ3v) is 2.70. The number of carbonyl (C=O) groups excluding carboxylic acids is 1. The standard InChI is InChI=1S/C12H14N2O3/c1-4-17-12(16)9-7(2)13-10-8(9)5-6-14(3)11(10)15/h5-6,13H,4H2,1-3H3. The zero-order chi connectivity index (χ0) is 12.6. The molecule has 0 spiro atoms. The number of aromatic nitrogens is 2. The average molecular weight is 234 g/mol. The van der Waals surface area contributed by atoms with E-state index in [-0.39, 0.29) is 5.56 Å². The highest BCUT2D eigenvalue weighted by atomic mass is 16.5. The fourth-order valence-corrected chi connectivity index (χ4v) is 1.88. The molecule has 90 valence electrons. The minimum atomic E-state index is -0.399. The minimum Gasteiger partial charge on any atom is -0.462 e.